The highest BCUT2D eigenvalue weighted by Crippen LogP contribution is 2.68. The Labute approximate surface area is 226 Å². The maximum absolute atomic E-state index is 13.5. The molecule has 6 nitrogen and oxygen atoms in total. The highest BCUT2D eigenvalue weighted by molar-refractivity contribution is 5.95. The molecule has 7 heteroatoms. The first kappa shape index (κ1) is 26.6. The number of fused-ring (bicyclic) bond motifs is 6. The van der Waals surface area contributed by atoms with Gasteiger partial charge >= 0.3 is 0 Å². The molecule has 4 saturated carbocycles. The molecular formula is C31H45FN2O4. The number of amides is 1. The zero-order valence-electron chi connectivity index (χ0n) is 23.2. The summed E-state index contributed by atoms with van der Waals surface area (Å²) in [5.41, 5.74) is 1.21. The van der Waals surface area contributed by atoms with Crippen LogP contribution in [0.4, 0.5) is 10.1 Å². The largest absolute Gasteiger partial charge is 0.393 e. The number of hydrogen-bond acceptors (Lipinski definition) is 5. The van der Waals surface area contributed by atoms with Gasteiger partial charge in [0.05, 0.1) is 29.7 Å². The van der Waals surface area contributed by atoms with Crippen molar-refractivity contribution in [1.29, 1.82) is 0 Å². The lowest BCUT2D eigenvalue weighted by Crippen LogP contribution is -2.62. The Morgan fingerprint density at radius 1 is 1.13 bits per heavy atom. The summed E-state index contributed by atoms with van der Waals surface area (Å²) < 4.78 is 13.5. The number of aliphatic hydroxyl groups is 3. The topological polar surface area (TPSA) is 93.9 Å². The first-order chi connectivity index (χ1) is 18.0. The smallest absolute Gasteiger partial charge is 0.227 e. The summed E-state index contributed by atoms with van der Waals surface area (Å²) in [6, 6.07) is 2.99. The van der Waals surface area contributed by atoms with Gasteiger partial charge in [0.15, 0.2) is 0 Å². The summed E-state index contributed by atoms with van der Waals surface area (Å²) in [6.07, 6.45) is 6.85. The van der Waals surface area contributed by atoms with Crippen molar-refractivity contribution in [1.82, 2.24) is 4.98 Å². The molecule has 0 unspecified atom stereocenters. The second-order valence-electron chi connectivity index (χ2n) is 13.9. The quantitative estimate of drug-likeness (QED) is 0.501. The van der Waals surface area contributed by atoms with Gasteiger partial charge in [0.25, 0.3) is 0 Å². The molecule has 5 aliphatic rings. The molecular weight excluding hydrogens is 483 g/mol. The number of aromatic nitrogens is 1. The van der Waals surface area contributed by atoms with Gasteiger partial charge in [0, 0.05) is 19.4 Å². The molecule has 0 saturated heterocycles. The van der Waals surface area contributed by atoms with E-state index in [1.54, 1.807) is 11.0 Å². The molecule has 38 heavy (non-hydrogen) atoms. The van der Waals surface area contributed by atoms with Crippen molar-refractivity contribution in [3.05, 3.63) is 23.8 Å². The SMILES string of the molecule is C[C@H](CCC(=O)N1CCc2nc(F)ccc21)[C@H]1CC[C@H]2[C@@H]3[C@H](O)C[C@@H]4C[C@H](O)CC[C@]4(C)[C@H]3C[C@H](O)[C@]12C. The Hall–Kier alpha value is -1.57. The molecule has 4 aliphatic carbocycles. The van der Waals surface area contributed by atoms with E-state index in [2.05, 4.69) is 25.8 Å². The van der Waals surface area contributed by atoms with Gasteiger partial charge in [0.2, 0.25) is 11.9 Å². The molecule has 1 aliphatic heterocycles. The van der Waals surface area contributed by atoms with E-state index in [9.17, 15) is 24.5 Å². The molecule has 0 aromatic carbocycles. The molecule has 210 valence electrons. The minimum Gasteiger partial charge on any atom is -0.393 e. The summed E-state index contributed by atoms with van der Waals surface area (Å²) in [6.45, 7) is 7.41. The third-order valence-electron chi connectivity index (χ3n) is 12.4. The van der Waals surface area contributed by atoms with Crippen LogP contribution in [-0.4, -0.2) is 51.1 Å². The minimum absolute atomic E-state index is 0.0640. The lowest BCUT2D eigenvalue weighted by Gasteiger charge is -2.63. The monoisotopic (exact) mass is 528 g/mol. The highest BCUT2D eigenvalue weighted by Gasteiger charge is 2.65. The summed E-state index contributed by atoms with van der Waals surface area (Å²) >= 11 is 0. The van der Waals surface area contributed by atoms with Crippen LogP contribution in [0.25, 0.3) is 0 Å². The first-order valence-corrected chi connectivity index (χ1v) is 15.0. The van der Waals surface area contributed by atoms with Crippen LogP contribution >= 0.6 is 0 Å². The number of carbonyl (C=O) groups is 1. The van der Waals surface area contributed by atoms with Crippen LogP contribution in [0.1, 0.15) is 84.3 Å². The normalized spacial score (nSPS) is 44.7. The van der Waals surface area contributed by atoms with Crippen LogP contribution in [0.5, 0.6) is 0 Å². The zero-order chi connectivity index (χ0) is 27.0. The Morgan fingerprint density at radius 3 is 2.71 bits per heavy atom. The van der Waals surface area contributed by atoms with Gasteiger partial charge in [-0.3, -0.25) is 4.79 Å². The Bertz CT molecular complexity index is 1080. The molecule has 2 heterocycles. The lowest BCUT2D eigenvalue weighted by molar-refractivity contribution is -0.207. The fourth-order valence-corrected chi connectivity index (χ4v) is 10.3. The number of pyridine rings is 1. The fraction of sp³-hybridized carbons (Fsp3) is 0.806. The minimum atomic E-state index is -0.502. The van der Waals surface area contributed by atoms with Crippen molar-refractivity contribution in [3.8, 4) is 0 Å². The lowest BCUT2D eigenvalue weighted by atomic mass is 9.43. The van der Waals surface area contributed by atoms with Crippen molar-refractivity contribution in [2.45, 2.75) is 103 Å². The van der Waals surface area contributed by atoms with Gasteiger partial charge in [-0.1, -0.05) is 20.8 Å². The van der Waals surface area contributed by atoms with E-state index in [0.717, 1.165) is 57.1 Å². The average molecular weight is 529 g/mol. The summed E-state index contributed by atoms with van der Waals surface area (Å²) in [5.74, 6) is 1.25. The van der Waals surface area contributed by atoms with E-state index < -0.39 is 12.1 Å². The van der Waals surface area contributed by atoms with E-state index in [-0.39, 0.29) is 46.7 Å². The fourth-order valence-electron chi connectivity index (χ4n) is 10.3. The van der Waals surface area contributed by atoms with Crippen LogP contribution in [-0.2, 0) is 11.2 Å². The number of hydrogen-bond donors (Lipinski definition) is 3. The number of rotatable bonds is 4. The van der Waals surface area contributed by atoms with Gasteiger partial charge < -0.3 is 20.2 Å². The Balaban J connectivity index is 1.16. The van der Waals surface area contributed by atoms with Crippen LogP contribution < -0.4 is 4.90 Å². The van der Waals surface area contributed by atoms with Gasteiger partial charge in [-0.2, -0.15) is 4.39 Å². The molecule has 0 spiro atoms. The molecule has 4 fully saturated rings. The van der Waals surface area contributed by atoms with Crippen molar-refractivity contribution < 1.29 is 24.5 Å². The number of nitrogens with zero attached hydrogens (tertiary/aromatic N) is 2. The van der Waals surface area contributed by atoms with E-state index in [1.165, 1.54) is 6.07 Å². The van der Waals surface area contributed by atoms with Crippen LogP contribution in [0.2, 0.25) is 0 Å². The number of aliphatic hydroxyl groups excluding tert-OH is 3. The summed E-state index contributed by atoms with van der Waals surface area (Å²) in [4.78, 5) is 18.9. The second kappa shape index (κ2) is 9.52. The third-order valence-corrected chi connectivity index (χ3v) is 12.4. The highest BCUT2D eigenvalue weighted by atomic mass is 19.1. The standard InChI is InChI=1S/C31H45FN2O4/c1-17(4-9-28(38)34-13-11-23-24(34)7-8-27(32)33-23)20-5-6-21-29-22(16-26(37)31(20,21)3)30(2)12-10-19(35)14-18(30)15-25(29)36/h7-8,17-22,25-26,29,35-37H,4-6,9-16H2,1-3H3/t17-,18+,19-,20-,21+,22+,25-,26+,29+,30+,31-/m1/s1. The van der Waals surface area contributed by atoms with Gasteiger partial charge in [0.1, 0.15) is 0 Å². The molecule has 11 atom stereocenters. The number of anilines is 1. The number of carbonyl (C=O) groups excluding carboxylic acids is 1. The van der Waals surface area contributed by atoms with Gasteiger partial charge in [-0.05, 0) is 110 Å². The van der Waals surface area contributed by atoms with E-state index >= 15 is 0 Å². The Morgan fingerprint density at radius 2 is 1.92 bits per heavy atom. The van der Waals surface area contributed by atoms with E-state index in [0.29, 0.717) is 42.8 Å². The van der Waals surface area contributed by atoms with Gasteiger partial charge in [-0.15, -0.1) is 0 Å². The predicted octanol–water partition coefficient (Wildman–Crippen LogP) is 4.49. The molecule has 1 aromatic heterocycles. The maximum Gasteiger partial charge on any atom is 0.227 e. The third kappa shape index (κ3) is 3.97. The van der Waals surface area contributed by atoms with E-state index in [4.69, 9.17) is 0 Å². The summed E-state index contributed by atoms with van der Waals surface area (Å²) in [5, 5.41) is 33.6. The molecule has 0 bridgehead atoms. The molecule has 3 N–H and O–H groups in total. The molecule has 1 amide bonds. The van der Waals surface area contributed by atoms with Crippen molar-refractivity contribution in [3.63, 3.8) is 0 Å². The predicted molar refractivity (Wildman–Crippen MR) is 143 cm³/mol. The second-order valence-corrected chi connectivity index (χ2v) is 13.9. The zero-order valence-corrected chi connectivity index (χ0v) is 23.2. The molecule has 6 rings (SSSR count). The first-order valence-electron chi connectivity index (χ1n) is 15.0. The van der Waals surface area contributed by atoms with Crippen molar-refractivity contribution >= 4 is 11.6 Å². The Kier molecular flexibility index (Phi) is 6.67. The van der Waals surface area contributed by atoms with Crippen LogP contribution in [0.15, 0.2) is 12.1 Å². The molecule has 0 radical (unpaired) electrons. The maximum atomic E-state index is 13.5. The van der Waals surface area contributed by atoms with Crippen LogP contribution in [0.3, 0.4) is 0 Å². The van der Waals surface area contributed by atoms with Crippen molar-refractivity contribution in [2.75, 3.05) is 11.4 Å². The summed E-state index contributed by atoms with van der Waals surface area (Å²) in [7, 11) is 0. The van der Waals surface area contributed by atoms with Crippen molar-refractivity contribution in [2.24, 2.45) is 46.3 Å². The van der Waals surface area contributed by atoms with Gasteiger partial charge in [-0.25, -0.2) is 4.98 Å². The average Bonchev–Trinajstić information content (AvgIpc) is 3.45. The van der Waals surface area contributed by atoms with Crippen LogP contribution in [0, 0.1) is 52.3 Å². The molecule has 1 aromatic rings. The number of halogens is 1. The van der Waals surface area contributed by atoms with E-state index in [1.807, 2.05) is 0 Å².